The van der Waals surface area contributed by atoms with Crippen molar-refractivity contribution in [2.24, 2.45) is 5.73 Å². The number of hydrogen-bond acceptors (Lipinski definition) is 6. The lowest BCUT2D eigenvalue weighted by molar-refractivity contribution is 0.362. The highest BCUT2D eigenvalue weighted by Gasteiger charge is 2.12. The van der Waals surface area contributed by atoms with Gasteiger partial charge in [-0.3, -0.25) is 4.98 Å². The molecule has 0 saturated heterocycles. The molecule has 0 amide bonds. The van der Waals surface area contributed by atoms with Crippen molar-refractivity contribution in [1.29, 1.82) is 0 Å². The maximum Gasteiger partial charge on any atom is 0.243 e. The average Bonchev–Trinajstić information content (AvgIpc) is 2.68. The molecule has 6 nitrogen and oxygen atoms in total. The van der Waals surface area contributed by atoms with Crippen LogP contribution in [0, 0.1) is 0 Å². The second-order valence-corrected chi connectivity index (χ2v) is 2.84. The molecule has 0 aliphatic rings. The van der Waals surface area contributed by atoms with Gasteiger partial charge in [0.1, 0.15) is 5.69 Å². The Bertz CT molecular complexity index is 411. The molecule has 72 valence electrons. The molecule has 2 aromatic heterocycles. The normalized spacial score (nSPS) is 12.7. The molecule has 2 rings (SSSR count). The number of hydrogen-bond donors (Lipinski definition) is 1. The molecule has 6 heteroatoms. The van der Waals surface area contributed by atoms with Crippen LogP contribution in [0.4, 0.5) is 0 Å². The Labute approximate surface area is 80.2 Å². The summed E-state index contributed by atoms with van der Waals surface area (Å²) in [5.74, 6) is 0.802. The van der Waals surface area contributed by atoms with Gasteiger partial charge in [-0.25, -0.2) is 4.98 Å². The SMILES string of the molecule is C[C@H](N)c1nc(-c2cnccn2)no1. The van der Waals surface area contributed by atoms with Gasteiger partial charge >= 0.3 is 0 Å². The Morgan fingerprint density at radius 1 is 1.43 bits per heavy atom. The molecular formula is C8H9N5O. The standard InChI is InChI=1S/C8H9N5O/c1-5(9)8-12-7(13-14-8)6-4-10-2-3-11-6/h2-5H,9H2,1H3/t5-/m0/s1. The van der Waals surface area contributed by atoms with E-state index in [1.165, 1.54) is 0 Å². The second-order valence-electron chi connectivity index (χ2n) is 2.84. The third-order valence-corrected chi connectivity index (χ3v) is 1.62. The Hall–Kier alpha value is -1.82. The van der Waals surface area contributed by atoms with Crippen LogP contribution in [0.1, 0.15) is 18.9 Å². The van der Waals surface area contributed by atoms with E-state index in [4.69, 9.17) is 10.3 Å². The van der Waals surface area contributed by atoms with Crippen molar-refractivity contribution >= 4 is 0 Å². The Balaban J connectivity index is 2.34. The molecule has 1 atom stereocenters. The summed E-state index contributed by atoms with van der Waals surface area (Å²) in [6, 6.07) is -0.270. The van der Waals surface area contributed by atoms with Crippen molar-refractivity contribution in [3.05, 3.63) is 24.5 Å². The van der Waals surface area contributed by atoms with Crippen LogP contribution < -0.4 is 5.73 Å². The van der Waals surface area contributed by atoms with Crippen LogP contribution in [-0.2, 0) is 0 Å². The number of nitrogens with zero attached hydrogens (tertiary/aromatic N) is 4. The van der Waals surface area contributed by atoms with Gasteiger partial charge in [-0.15, -0.1) is 0 Å². The van der Waals surface area contributed by atoms with Crippen molar-refractivity contribution in [2.45, 2.75) is 13.0 Å². The Morgan fingerprint density at radius 3 is 2.86 bits per heavy atom. The minimum Gasteiger partial charge on any atom is -0.337 e. The van der Waals surface area contributed by atoms with Gasteiger partial charge in [-0.05, 0) is 6.92 Å². The van der Waals surface area contributed by atoms with Crippen LogP contribution in [-0.4, -0.2) is 20.1 Å². The number of aromatic nitrogens is 4. The topological polar surface area (TPSA) is 90.7 Å². The molecule has 14 heavy (non-hydrogen) atoms. The van der Waals surface area contributed by atoms with Crippen molar-refractivity contribution in [3.8, 4) is 11.5 Å². The fourth-order valence-corrected chi connectivity index (χ4v) is 0.939. The molecule has 2 aromatic rings. The lowest BCUT2D eigenvalue weighted by atomic mass is 10.3. The molecule has 0 unspecified atom stereocenters. The first-order valence-corrected chi connectivity index (χ1v) is 4.13. The largest absolute Gasteiger partial charge is 0.337 e. The Morgan fingerprint density at radius 2 is 2.29 bits per heavy atom. The van der Waals surface area contributed by atoms with E-state index in [-0.39, 0.29) is 6.04 Å². The van der Waals surface area contributed by atoms with Crippen LogP contribution >= 0.6 is 0 Å². The van der Waals surface area contributed by atoms with Gasteiger partial charge in [0.25, 0.3) is 0 Å². The van der Waals surface area contributed by atoms with Crippen LogP contribution in [0.15, 0.2) is 23.1 Å². The summed E-state index contributed by atoms with van der Waals surface area (Å²) in [6.45, 7) is 1.77. The average molecular weight is 191 g/mol. The van der Waals surface area contributed by atoms with Gasteiger partial charge in [-0.1, -0.05) is 5.16 Å². The predicted octanol–water partition coefficient (Wildman–Crippen LogP) is 0.546. The molecule has 0 aliphatic heterocycles. The summed E-state index contributed by atoms with van der Waals surface area (Å²) >= 11 is 0. The summed E-state index contributed by atoms with van der Waals surface area (Å²) in [5.41, 5.74) is 6.15. The fraction of sp³-hybridized carbons (Fsp3) is 0.250. The minimum atomic E-state index is -0.270. The third-order valence-electron chi connectivity index (χ3n) is 1.62. The van der Waals surface area contributed by atoms with Gasteiger partial charge in [-0.2, -0.15) is 4.98 Å². The third kappa shape index (κ3) is 1.60. The lowest BCUT2D eigenvalue weighted by Gasteiger charge is -1.93. The van der Waals surface area contributed by atoms with Crippen molar-refractivity contribution < 1.29 is 4.52 Å². The highest BCUT2D eigenvalue weighted by atomic mass is 16.5. The molecule has 2 N–H and O–H groups in total. The smallest absolute Gasteiger partial charge is 0.243 e. The van der Waals surface area contributed by atoms with E-state index in [1.807, 2.05) is 0 Å². The van der Waals surface area contributed by atoms with E-state index in [0.29, 0.717) is 17.4 Å². The maximum atomic E-state index is 5.57. The first-order valence-electron chi connectivity index (χ1n) is 4.13. The summed E-state index contributed by atoms with van der Waals surface area (Å²) in [4.78, 5) is 12.0. The molecule has 0 aromatic carbocycles. The summed E-state index contributed by atoms with van der Waals surface area (Å²) < 4.78 is 4.93. The maximum absolute atomic E-state index is 5.57. The van der Waals surface area contributed by atoms with Crippen LogP contribution in [0.25, 0.3) is 11.5 Å². The van der Waals surface area contributed by atoms with Crippen LogP contribution in [0.3, 0.4) is 0 Å². The van der Waals surface area contributed by atoms with Crippen molar-refractivity contribution in [3.63, 3.8) is 0 Å². The highest BCUT2D eigenvalue weighted by molar-refractivity contribution is 5.45. The molecule has 2 heterocycles. The molecule has 0 aliphatic carbocycles. The van der Waals surface area contributed by atoms with Gasteiger partial charge in [0.05, 0.1) is 12.2 Å². The number of nitrogens with two attached hydrogens (primary N) is 1. The molecular weight excluding hydrogens is 182 g/mol. The zero-order chi connectivity index (χ0) is 9.97. The van der Waals surface area contributed by atoms with Gasteiger partial charge < -0.3 is 10.3 Å². The molecule has 0 bridgehead atoms. The quantitative estimate of drug-likeness (QED) is 0.745. The summed E-state index contributed by atoms with van der Waals surface area (Å²) in [5, 5.41) is 3.74. The van der Waals surface area contributed by atoms with E-state index in [1.54, 1.807) is 25.5 Å². The van der Waals surface area contributed by atoms with Crippen LogP contribution in [0.2, 0.25) is 0 Å². The number of rotatable bonds is 2. The van der Waals surface area contributed by atoms with Gasteiger partial charge in [0.15, 0.2) is 0 Å². The molecule has 0 saturated carbocycles. The minimum absolute atomic E-state index is 0.270. The van der Waals surface area contributed by atoms with E-state index in [2.05, 4.69) is 20.1 Å². The molecule has 0 fully saturated rings. The van der Waals surface area contributed by atoms with E-state index in [0.717, 1.165) is 0 Å². The predicted molar refractivity (Wildman–Crippen MR) is 47.9 cm³/mol. The lowest BCUT2D eigenvalue weighted by Crippen LogP contribution is -2.04. The van der Waals surface area contributed by atoms with Crippen molar-refractivity contribution in [2.75, 3.05) is 0 Å². The molecule has 0 radical (unpaired) electrons. The second kappa shape index (κ2) is 3.51. The molecule has 0 spiro atoms. The fourth-order valence-electron chi connectivity index (χ4n) is 0.939. The Kier molecular flexibility index (Phi) is 2.19. The van der Waals surface area contributed by atoms with Crippen molar-refractivity contribution in [1.82, 2.24) is 20.1 Å². The zero-order valence-electron chi connectivity index (χ0n) is 7.58. The van der Waals surface area contributed by atoms with Gasteiger partial charge in [0, 0.05) is 12.4 Å². The van der Waals surface area contributed by atoms with E-state index < -0.39 is 0 Å². The van der Waals surface area contributed by atoms with Crippen LogP contribution in [0.5, 0.6) is 0 Å². The van der Waals surface area contributed by atoms with Gasteiger partial charge in [0.2, 0.25) is 11.7 Å². The summed E-state index contributed by atoms with van der Waals surface area (Å²) in [7, 11) is 0. The van der Waals surface area contributed by atoms with E-state index >= 15 is 0 Å². The monoisotopic (exact) mass is 191 g/mol. The highest BCUT2D eigenvalue weighted by Crippen LogP contribution is 2.13. The first-order chi connectivity index (χ1) is 6.77. The zero-order valence-corrected chi connectivity index (χ0v) is 7.58. The van der Waals surface area contributed by atoms with E-state index in [9.17, 15) is 0 Å². The first kappa shape index (κ1) is 8.76. The summed E-state index contributed by atoms with van der Waals surface area (Å²) in [6.07, 6.45) is 4.71.